The van der Waals surface area contributed by atoms with Crippen LogP contribution in [-0.4, -0.2) is 82.1 Å². The molecule has 3 aliphatic carbocycles. The zero-order valence-corrected chi connectivity index (χ0v) is 25.8. The van der Waals surface area contributed by atoms with Crippen molar-refractivity contribution >= 4 is 23.2 Å². The van der Waals surface area contributed by atoms with Crippen LogP contribution < -0.4 is 24.7 Å². The summed E-state index contributed by atoms with van der Waals surface area (Å²) in [4.78, 5) is 41.6. The fourth-order valence-electron chi connectivity index (χ4n) is 7.92. The number of hydrogen-bond donors (Lipinski definition) is 5. The molecule has 0 unspecified atom stereocenters. The molecule has 3 aromatic rings. The highest BCUT2D eigenvalue weighted by Gasteiger charge is 2.64. The molecule has 1 saturated carbocycles. The Labute approximate surface area is 273 Å². The van der Waals surface area contributed by atoms with Gasteiger partial charge in [-0.3, -0.25) is 19.3 Å². The Hall–Kier alpha value is -5.53. The quantitative estimate of drug-likeness (QED) is 0.258. The standard InChI is InChI=1S/C35H30N2O11/c1-37(2)28-20-8-16-7-19-17(14-3-5-21-23(9-14)47-12-45-21)11-18(15-4-6-22-24(10-15)48-13-46-22)29(38)26(19)30(39)25(16)32(41)35(20,44)33(42)27(31(28)40)34(36)43/h3-6,9-11,16,20,28,38-39,42,44H,7-8,12-13H2,1-2H3,(H2,36,43)/t16-,20-,28+,35-/m0/s1. The third-order valence-electron chi connectivity index (χ3n) is 10.1. The van der Waals surface area contributed by atoms with Gasteiger partial charge in [0.25, 0.3) is 5.91 Å². The van der Waals surface area contributed by atoms with E-state index in [2.05, 4.69) is 0 Å². The Kier molecular flexibility index (Phi) is 6.36. The van der Waals surface area contributed by atoms with Gasteiger partial charge in [-0.25, -0.2) is 0 Å². The number of ketones is 2. The number of Topliss-reactive ketones (excluding diaryl/α,β-unsaturated/α-hetero) is 2. The SMILES string of the molecule is CN(C)[C@H]1C(=O)C(C(N)=O)=C(O)[C@@]2(O)C(=O)C3=C(O)c4c(O)c(-c5ccc6c(c5)OCO6)cc(-c5ccc6c(c5)OCO6)c4C[C@H]3C[C@@H]12. The number of benzene rings is 3. The number of primary amides is 1. The van der Waals surface area contributed by atoms with Gasteiger partial charge in [0.05, 0.1) is 11.6 Å². The van der Waals surface area contributed by atoms with E-state index in [-0.39, 0.29) is 43.3 Å². The number of aliphatic hydroxyl groups is 3. The maximum atomic E-state index is 14.4. The van der Waals surface area contributed by atoms with Crippen molar-refractivity contribution in [2.45, 2.75) is 24.5 Å². The summed E-state index contributed by atoms with van der Waals surface area (Å²) in [6.07, 6.45) is 0.0876. The van der Waals surface area contributed by atoms with Gasteiger partial charge in [-0.15, -0.1) is 0 Å². The lowest BCUT2D eigenvalue weighted by molar-refractivity contribution is -0.153. The molecule has 1 fully saturated rings. The third kappa shape index (κ3) is 3.94. The molecule has 2 aliphatic heterocycles. The fraction of sp³-hybridized carbons (Fsp3) is 0.286. The molecular weight excluding hydrogens is 624 g/mol. The van der Waals surface area contributed by atoms with Crippen molar-refractivity contribution in [3.05, 3.63) is 70.5 Å². The lowest BCUT2D eigenvalue weighted by atomic mass is 9.57. The molecule has 48 heavy (non-hydrogen) atoms. The number of hydrogen-bond acceptors (Lipinski definition) is 12. The molecule has 4 atom stereocenters. The van der Waals surface area contributed by atoms with Crippen molar-refractivity contribution in [3.63, 3.8) is 0 Å². The predicted molar refractivity (Wildman–Crippen MR) is 167 cm³/mol. The minimum Gasteiger partial charge on any atom is -0.508 e. The number of carbonyl (C=O) groups excluding carboxylic acids is 3. The van der Waals surface area contributed by atoms with Crippen LogP contribution in [0.3, 0.4) is 0 Å². The number of nitrogens with zero attached hydrogens (tertiary/aromatic N) is 1. The van der Waals surface area contributed by atoms with Crippen LogP contribution in [0.2, 0.25) is 0 Å². The maximum absolute atomic E-state index is 14.4. The van der Waals surface area contributed by atoms with Crippen LogP contribution in [0.5, 0.6) is 28.7 Å². The summed E-state index contributed by atoms with van der Waals surface area (Å²) in [7, 11) is 3.11. The molecule has 5 aliphatic rings. The molecule has 0 radical (unpaired) electrons. The number of likely N-dealkylation sites (N-methyl/N-ethyl adjacent to an activating group) is 1. The zero-order valence-electron chi connectivity index (χ0n) is 25.8. The molecule has 13 heteroatoms. The van der Waals surface area contributed by atoms with Crippen LogP contribution in [0, 0.1) is 11.8 Å². The molecule has 0 spiro atoms. The van der Waals surface area contributed by atoms with Gasteiger partial charge in [-0.1, -0.05) is 12.1 Å². The topological polar surface area (TPSA) is 198 Å². The second kappa shape index (κ2) is 10.2. The van der Waals surface area contributed by atoms with Crippen LogP contribution in [0.25, 0.3) is 28.0 Å². The average molecular weight is 655 g/mol. The van der Waals surface area contributed by atoms with Crippen molar-refractivity contribution < 1.29 is 53.8 Å². The number of carbonyl (C=O) groups is 3. The first-order chi connectivity index (χ1) is 22.9. The van der Waals surface area contributed by atoms with Crippen LogP contribution in [0.1, 0.15) is 17.5 Å². The molecule has 0 aromatic heterocycles. The number of phenols is 1. The summed E-state index contributed by atoms with van der Waals surface area (Å²) in [5, 5.41) is 47.0. The van der Waals surface area contributed by atoms with Gasteiger partial charge in [-0.05, 0) is 85.4 Å². The largest absolute Gasteiger partial charge is 0.508 e. The average Bonchev–Trinajstić information content (AvgIpc) is 3.71. The first kappa shape index (κ1) is 29.8. The van der Waals surface area contributed by atoms with E-state index in [1.165, 1.54) is 4.90 Å². The van der Waals surface area contributed by atoms with E-state index in [9.17, 15) is 34.8 Å². The highest BCUT2D eigenvalue weighted by atomic mass is 16.7. The van der Waals surface area contributed by atoms with E-state index in [1.807, 2.05) is 6.07 Å². The number of fused-ring (bicyclic) bond motifs is 5. The zero-order chi connectivity index (χ0) is 33.8. The Balaban J connectivity index is 1.37. The van der Waals surface area contributed by atoms with E-state index in [0.29, 0.717) is 50.8 Å². The molecule has 13 nitrogen and oxygen atoms in total. The molecule has 3 aromatic carbocycles. The van der Waals surface area contributed by atoms with Gasteiger partial charge in [0, 0.05) is 17.1 Å². The monoisotopic (exact) mass is 654 g/mol. The predicted octanol–water partition coefficient (Wildman–Crippen LogP) is 2.76. The number of ether oxygens (including phenoxy) is 4. The molecule has 0 saturated heterocycles. The van der Waals surface area contributed by atoms with Crippen molar-refractivity contribution in [1.82, 2.24) is 4.90 Å². The van der Waals surface area contributed by atoms with Gasteiger partial charge in [-0.2, -0.15) is 0 Å². The lowest BCUT2D eigenvalue weighted by Crippen LogP contribution is -2.65. The number of phenolic OH excluding ortho intramolecular Hbond substituents is 1. The number of amides is 1. The normalized spacial score (nSPS) is 25.3. The van der Waals surface area contributed by atoms with Gasteiger partial charge in [0.1, 0.15) is 22.8 Å². The highest BCUT2D eigenvalue weighted by molar-refractivity contribution is 6.24. The summed E-state index contributed by atoms with van der Waals surface area (Å²) in [5.41, 5.74) is 4.21. The van der Waals surface area contributed by atoms with E-state index >= 15 is 0 Å². The Bertz CT molecular complexity index is 2070. The van der Waals surface area contributed by atoms with Gasteiger partial charge >= 0.3 is 0 Å². The smallest absolute Gasteiger partial charge is 0.255 e. The highest BCUT2D eigenvalue weighted by Crippen LogP contribution is 2.55. The molecule has 0 bridgehead atoms. The van der Waals surface area contributed by atoms with Crippen LogP contribution in [0.4, 0.5) is 0 Å². The minimum absolute atomic E-state index is 0.0307. The number of aliphatic hydroxyl groups excluding tert-OH is 2. The van der Waals surface area contributed by atoms with Crippen molar-refractivity contribution in [2.24, 2.45) is 17.6 Å². The second-order valence-electron chi connectivity index (χ2n) is 12.8. The van der Waals surface area contributed by atoms with Crippen LogP contribution >= 0.6 is 0 Å². The first-order valence-corrected chi connectivity index (χ1v) is 15.3. The van der Waals surface area contributed by atoms with Crippen LogP contribution in [-0.2, 0) is 20.8 Å². The van der Waals surface area contributed by atoms with E-state index in [4.69, 9.17) is 24.7 Å². The summed E-state index contributed by atoms with van der Waals surface area (Å²) in [5.74, 6) is -5.12. The molecule has 6 N–H and O–H groups in total. The molecule has 8 rings (SSSR count). The van der Waals surface area contributed by atoms with Gasteiger partial charge in [0.2, 0.25) is 19.4 Å². The van der Waals surface area contributed by atoms with E-state index in [1.54, 1.807) is 50.5 Å². The molecular formula is C35H30N2O11. The maximum Gasteiger partial charge on any atom is 0.255 e. The van der Waals surface area contributed by atoms with Crippen molar-refractivity contribution in [3.8, 4) is 51.0 Å². The number of nitrogens with two attached hydrogens (primary N) is 1. The second-order valence-corrected chi connectivity index (χ2v) is 12.8. The molecule has 246 valence electrons. The first-order valence-electron chi connectivity index (χ1n) is 15.3. The van der Waals surface area contributed by atoms with E-state index < -0.39 is 58.0 Å². The third-order valence-corrected chi connectivity index (χ3v) is 10.1. The molecule has 1 amide bonds. The van der Waals surface area contributed by atoms with Gasteiger partial charge < -0.3 is 45.1 Å². The Morgan fingerprint density at radius 2 is 1.46 bits per heavy atom. The Morgan fingerprint density at radius 3 is 2.04 bits per heavy atom. The molecule has 2 heterocycles. The number of aromatic hydroxyl groups is 1. The summed E-state index contributed by atoms with van der Waals surface area (Å²) >= 11 is 0. The summed E-state index contributed by atoms with van der Waals surface area (Å²) in [6.45, 7) is 0.0948. The summed E-state index contributed by atoms with van der Waals surface area (Å²) in [6, 6.07) is 11.1. The van der Waals surface area contributed by atoms with Gasteiger partial charge in [0.15, 0.2) is 34.4 Å². The fourth-order valence-corrected chi connectivity index (χ4v) is 7.92. The minimum atomic E-state index is -2.74. The van der Waals surface area contributed by atoms with Crippen LogP contribution in [0.15, 0.2) is 59.4 Å². The Morgan fingerprint density at radius 1 is 0.875 bits per heavy atom. The lowest BCUT2D eigenvalue weighted by Gasteiger charge is -2.50. The van der Waals surface area contributed by atoms with Crippen molar-refractivity contribution in [1.29, 1.82) is 0 Å². The number of rotatable bonds is 4. The van der Waals surface area contributed by atoms with Crippen molar-refractivity contribution in [2.75, 3.05) is 27.7 Å². The van der Waals surface area contributed by atoms with E-state index in [0.717, 1.165) is 0 Å². The summed E-state index contributed by atoms with van der Waals surface area (Å²) < 4.78 is 22.1.